The van der Waals surface area contributed by atoms with Crippen LogP contribution < -0.4 is 20.7 Å². The van der Waals surface area contributed by atoms with Gasteiger partial charge in [0.25, 0.3) is 0 Å². The Labute approximate surface area is 220 Å². The number of imidazole rings is 1. The Balaban J connectivity index is 1.49. The molecule has 2 aromatic heterocycles. The minimum Gasteiger partial charge on any atom is -0.494 e. The minimum absolute atomic E-state index is 0.00633. The van der Waals surface area contributed by atoms with E-state index >= 15 is 0 Å². The van der Waals surface area contributed by atoms with Crippen LogP contribution in [0, 0.1) is 11.6 Å². The zero-order valence-electron chi connectivity index (χ0n) is 21.2. The highest BCUT2D eigenvalue weighted by Crippen LogP contribution is 2.39. The number of rotatable bonds is 7. The fourth-order valence-corrected chi connectivity index (χ4v) is 4.45. The molecule has 4 aromatic rings. The number of aromatic nitrogens is 4. The van der Waals surface area contributed by atoms with Crippen LogP contribution in [0.5, 0.6) is 5.75 Å². The van der Waals surface area contributed by atoms with Crippen molar-refractivity contribution < 1.29 is 26.7 Å². The highest BCUT2D eigenvalue weighted by Gasteiger charge is 2.32. The summed E-state index contributed by atoms with van der Waals surface area (Å²) in [6.07, 6.45) is -3.38. The van der Waals surface area contributed by atoms with Gasteiger partial charge in [-0.15, -0.1) is 0 Å². The Morgan fingerprint density at radius 3 is 2.54 bits per heavy atom. The summed E-state index contributed by atoms with van der Waals surface area (Å²) in [5, 5.41) is 2.98. The van der Waals surface area contributed by atoms with Crippen molar-refractivity contribution in [3.63, 3.8) is 0 Å². The second kappa shape index (κ2) is 9.84. The molecule has 0 spiro atoms. The van der Waals surface area contributed by atoms with Crippen molar-refractivity contribution in [2.75, 3.05) is 50.2 Å². The molecule has 0 amide bonds. The molecule has 3 heterocycles. The molecule has 0 bridgehead atoms. The fourth-order valence-electron chi connectivity index (χ4n) is 4.45. The smallest absolute Gasteiger partial charge is 0.406 e. The molecule has 9 nitrogen and oxygen atoms in total. The number of anilines is 4. The molecule has 2 aromatic carbocycles. The number of fused-ring (bicyclic) bond motifs is 1. The van der Waals surface area contributed by atoms with E-state index in [4.69, 9.17) is 10.5 Å². The number of nitrogens with zero attached hydrogens (tertiary/aromatic N) is 6. The molecule has 14 heteroatoms. The van der Waals surface area contributed by atoms with Crippen molar-refractivity contribution in [2.24, 2.45) is 0 Å². The Hall–Kier alpha value is -4.20. The average molecular weight is 549 g/mol. The maximum atomic E-state index is 14.4. The average Bonchev–Trinajstić information content (AvgIpc) is 3.16. The summed E-state index contributed by atoms with van der Waals surface area (Å²) in [5.74, 6) is -1.95. The molecule has 0 radical (unpaired) electrons. The van der Waals surface area contributed by atoms with E-state index in [0.717, 1.165) is 24.8 Å². The van der Waals surface area contributed by atoms with Crippen LogP contribution in [0.3, 0.4) is 0 Å². The van der Waals surface area contributed by atoms with Crippen molar-refractivity contribution >= 4 is 34.0 Å². The molecule has 0 unspecified atom stereocenters. The standard InChI is InChI=1S/C25H25F5N8O/c1-36(2)14-10-37(11-14)19-9-21(39-3)18(8-16(19)31)34-24-32-5-4-17(33-24)23-35-22-15(27)6-13(26)7-20(22)38(23)12-25(28,29)30/h4-9,14H,10-12,31H2,1-3H3,(H,32,33,34). The third-order valence-electron chi connectivity index (χ3n) is 6.52. The second-order valence-corrected chi connectivity index (χ2v) is 9.42. The van der Waals surface area contributed by atoms with Crippen LogP contribution in [0.4, 0.5) is 45.0 Å². The van der Waals surface area contributed by atoms with Gasteiger partial charge < -0.3 is 30.2 Å². The summed E-state index contributed by atoms with van der Waals surface area (Å²) in [4.78, 5) is 16.7. The van der Waals surface area contributed by atoms with Crippen LogP contribution >= 0.6 is 0 Å². The van der Waals surface area contributed by atoms with E-state index in [1.54, 1.807) is 12.1 Å². The molecule has 1 fully saturated rings. The van der Waals surface area contributed by atoms with Gasteiger partial charge in [-0.1, -0.05) is 0 Å². The number of alkyl halides is 3. The lowest BCUT2D eigenvalue weighted by molar-refractivity contribution is -0.139. The van der Waals surface area contributed by atoms with E-state index in [1.165, 1.54) is 19.4 Å². The monoisotopic (exact) mass is 548 g/mol. The molecule has 1 aliphatic rings. The van der Waals surface area contributed by atoms with Gasteiger partial charge in [-0.3, -0.25) is 0 Å². The lowest BCUT2D eigenvalue weighted by Crippen LogP contribution is -2.57. The maximum Gasteiger partial charge on any atom is 0.406 e. The van der Waals surface area contributed by atoms with Crippen molar-refractivity contribution in [3.8, 4) is 17.3 Å². The molecule has 1 aliphatic heterocycles. The summed E-state index contributed by atoms with van der Waals surface area (Å²) in [6, 6.07) is 6.54. The van der Waals surface area contributed by atoms with Gasteiger partial charge in [0.2, 0.25) is 5.95 Å². The van der Waals surface area contributed by atoms with Gasteiger partial charge in [-0.05, 0) is 32.3 Å². The number of halogens is 5. The van der Waals surface area contributed by atoms with Gasteiger partial charge in [0.05, 0.1) is 29.7 Å². The fraction of sp³-hybridized carbons (Fsp3) is 0.320. The zero-order chi connectivity index (χ0) is 28.1. The van der Waals surface area contributed by atoms with Gasteiger partial charge >= 0.3 is 6.18 Å². The lowest BCUT2D eigenvalue weighted by atomic mass is 10.1. The number of hydrogen-bond donors (Lipinski definition) is 2. The van der Waals surface area contributed by atoms with Crippen LogP contribution in [0.25, 0.3) is 22.6 Å². The van der Waals surface area contributed by atoms with Crippen LogP contribution in [-0.2, 0) is 6.54 Å². The van der Waals surface area contributed by atoms with Gasteiger partial charge in [0, 0.05) is 37.5 Å². The van der Waals surface area contributed by atoms with Crippen molar-refractivity contribution in [1.82, 2.24) is 24.4 Å². The molecule has 5 rings (SSSR count). The third-order valence-corrected chi connectivity index (χ3v) is 6.52. The molecule has 39 heavy (non-hydrogen) atoms. The minimum atomic E-state index is -4.69. The number of benzene rings is 2. The van der Waals surface area contributed by atoms with E-state index in [9.17, 15) is 22.0 Å². The number of nitrogen functional groups attached to an aromatic ring is 1. The first kappa shape index (κ1) is 26.4. The number of methoxy groups -OCH3 is 1. The molecular formula is C25H25F5N8O. The second-order valence-electron chi connectivity index (χ2n) is 9.42. The van der Waals surface area contributed by atoms with E-state index in [2.05, 4.69) is 30.1 Å². The predicted octanol–water partition coefficient (Wildman–Crippen LogP) is 4.42. The summed E-state index contributed by atoms with van der Waals surface area (Å²) in [5.41, 5.74) is 7.25. The molecule has 1 saturated heterocycles. The quantitative estimate of drug-likeness (QED) is 0.259. The number of nitrogens with two attached hydrogens (primary N) is 1. The SMILES string of the molecule is COc1cc(N2CC(N(C)C)C2)c(N)cc1Nc1nccc(-c2nc3c(F)cc(F)cc3n2CC(F)(F)F)n1. The Morgan fingerprint density at radius 2 is 1.87 bits per heavy atom. The van der Waals surface area contributed by atoms with Crippen LogP contribution in [0.15, 0.2) is 36.5 Å². The van der Waals surface area contributed by atoms with Gasteiger partial charge in [-0.2, -0.15) is 13.2 Å². The van der Waals surface area contributed by atoms with E-state index in [0.29, 0.717) is 33.8 Å². The third kappa shape index (κ3) is 5.24. The summed E-state index contributed by atoms with van der Waals surface area (Å²) in [6.45, 7) is 0.0922. The summed E-state index contributed by atoms with van der Waals surface area (Å²) in [7, 11) is 5.52. The van der Waals surface area contributed by atoms with Gasteiger partial charge in [0.1, 0.15) is 29.3 Å². The number of hydrogen-bond acceptors (Lipinski definition) is 8. The van der Waals surface area contributed by atoms with Crippen LogP contribution in [0.2, 0.25) is 0 Å². The largest absolute Gasteiger partial charge is 0.494 e. The first-order valence-corrected chi connectivity index (χ1v) is 11.8. The van der Waals surface area contributed by atoms with Crippen molar-refractivity contribution in [2.45, 2.75) is 18.8 Å². The van der Waals surface area contributed by atoms with E-state index in [-0.39, 0.29) is 23.0 Å². The number of nitrogens with one attached hydrogen (secondary N) is 1. The Kier molecular flexibility index (Phi) is 6.66. The highest BCUT2D eigenvalue weighted by molar-refractivity contribution is 5.82. The molecule has 0 atom stereocenters. The van der Waals surface area contributed by atoms with Crippen LogP contribution in [-0.4, -0.2) is 70.9 Å². The topological polar surface area (TPSA) is 97.4 Å². The molecule has 206 valence electrons. The molecule has 0 aliphatic carbocycles. The normalized spacial score (nSPS) is 14.2. The molecular weight excluding hydrogens is 523 g/mol. The Morgan fingerprint density at radius 1 is 1.13 bits per heavy atom. The molecule has 0 saturated carbocycles. The van der Waals surface area contributed by atoms with Crippen LogP contribution in [0.1, 0.15) is 0 Å². The highest BCUT2D eigenvalue weighted by atomic mass is 19.4. The van der Waals surface area contributed by atoms with Crippen molar-refractivity contribution in [1.29, 1.82) is 0 Å². The van der Waals surface area contributed by atoms with Crippen molar-refractivity contribution in [3.05, 3.63) is 48.2 Å². The number of ether oxygens (including phenoxy) is 1. The zero-order valence-corrected chi connectivity index (χ0v) is 21.2. The molecule has 3 N–H and O–H groups in total. The first-order chi connectivity index (χ1) is 18.4. The van der Waals surface area contributed by atoms with Gasteiger partial charge in [0.15, 0.2) is 11.6 Å². The first-order valence-electron chi connectivity index (χ1n) is 11.8. The Bertz CT molecular complexity index is 1530. The predicted molar refractivity (Wildman–Crippen MR) is 137 cm³/mol. The van der Waals surface area contributed by atoms with E-state index < -0.39 is 29.9 Å². The van der Waals surface area contributed by atoms with E-state index in [1.807, 2.05) is 14.1 Å². The maximum absolute atomic E-state index is 14.4. The summed E-state index contributed by atoms with van der Waals surface area (Å²) < 4.78 is 74.7. The number of likely N-dealkylation sites (N-methyl/N-ethyl adjacent to an activating group) is 1. The van der Waals surface area contributed by atoms with Gasteiger partial charge in [-0.25, -0.2) is 23.7 Å². The summed E-state index contributed by atoms with van der Waals surface area (Å²) >= 11 is 0. The lowest BCUT2D eigenvalue weighted by Gasteiger charge is -2.44.